The van der Waals surface area contributed by atoms with Crippen LogP contribution in [0.2, 0.25) is 0 Å². The molecule has 21 heavy (non-hydrogen) atoms. The number of hydrogen-bond donors (Lipinski definition) is 0. The van der Waals surface area contributed by atoms with Crippen LogP contribution >= 0.6 is 0 Å². The Morgan fingerprint density at radius 1 is 1.24 bits per heavy atom. The number of nitriles is 1. The van der Waals surface area contributed by atoms with Crippen LogP contribution in [0.15, 0.2) is 30.3 Å². The molecule has 0 aliphatic heterocycles. The summed E-state index contributed by atoms with van der Waals surface area (Å²) in [5.74, 6) is 0.713. The predicted octanol–water partition coefficient (Wildman–Crippen LogP) is 4.95. The molecule has 3 unspecified atom stereocenters. The lowest BCUT2D eigenvalue weighted by Gasteiger charge is -2.41. The Morgan fingerprint density at radius 3 is 2.57 bits per heavy atom. The number of benzene rings is 1. The molecule has 0 spiro atoms. The maximum Gasteiger partial charge on any atom is 0.0740 e. The average Bonchev–Trinajstić information content (AvgIpc) is 2.53. The van der Waals surface area contributed by atoms with Crippen molar-refractivity contribution < 1.29 is 4.74 Å². The molecule has 2 heteroatoms. The molecule has 0 aromatic heterocycles. The van der Waals surface area contributed by atoms with Crippen LogP contribution in [0.5, 0.6) is 0 Å². The monoisotopic (exact) mass is 285 g/mol. The highest BCUT2D eigenvalue weighted by Crippen LogP contribution is 2.43. The Bertz CT molecular complexity index is 474. The van der Waals surface area contributed by atoms with E-state index in [1.807, 2.05) is 18.2 Å². The first-order chi connectivity index (χ1) is 10.1. The van der Waals surface area contributed by atoms with Crippen LogP contribution in [0.25, 0.3) is 0 Å². The van der Waals surface area contributed by atoms with Crippen molar-refractivity contribution >= 4 is 0 Å². The van der Waals surface area contributed by atoms with Gasteiger partial charge in [0, 0.05) is 0 Å². The Hall–Kier alpha value is -1.33. The Balaban J connectivity index is 1.99. The molecule has 1 aliphatic rings. The molecule has 0 heterocycles. The minimum absolute atomic E-state index is 0.0534. The molecule has 1 saturated carbocycles. The molecule has 1 aromatic rings. The molecule has 0 N–H and O–H groups in total. The van der Waals surface area contributed by atoms with Crippen molar-refractivity contribution in [1.82, 2.24) is 0 Å². The van der Waals surface area contributed by atoms with Crippen molar-refractivity contribution in [1.29, 1.82) is 5.26 Å². The fourth-order valence-electron chi connectivity index (χ4n) is 3.24. The average molecular weight is 285 g/mol. The highest BCUT2D eigenvalue weighted by molar-refractivity contribution is 5.13. The summed E-state index contributed by atoms with van der Waals surface area (Å²) >= 11 is 0. The molecule has 3 atom stereocenters. The van der Waals surface area contributed by atoms with Gasteiger partial charge in [0.2, 0.25) is 0 Å². The van der Waals surface area contributed by atoms with E-state index >= 15 is 0 Å². The number of rotatable bonds is 5. The Labute approximate surface area is 129 Å². The van der Waals surface area contributed by atoms with Gasteiger partial charge in [0.15, 0.2) is 0 Å². The van der Waals surface area contributed by atoms with Crippen molar-refractivity contribution in [3.8, 4) is 6.07 Å². The quantitative estimate of drug-likeness (QED) is 0.767. The second kappa shape index (κ2) is 7.09. The van der Waals surface area contributed by atoms with Crippen LogP contribution in [0.4, 0.5) is 0 Å². The second-order valence-electron chi connectivity index (χ2n) is 6.92. The molecule has 1 aliphatic carbocycles. The molecule has 2 rings (SSSR count). The van der Waals surface area contributed by atoms with E-state index in [-0.39, 0.29) is 12.0 Å². The van der Waals surface area contributed by atoms with Gasteiger partial charge in [0.05, 0.1) is 24.7 Å². The Kier molecular flexibility index (Phi) is 5.42. The maximum atomic E-state index is 9.37. The van der Waals surface area contributed by atoms with Gasteiger partial charge in [-0.2, -0.15) is 5.26 Å². The zero-order valence-electron chi connectivity index (χ0n) is 13.5. The molecule has 0 amide bonds. The summed E-state index contributed by atoms with van der Waals surface area (Å²) < 4.78 is 6.12. The summed E-state index contributed by atoms with van der Waals surface area (Å²) in [4.78, 5) is 0. The largest absolute Gasteiger partial charge is 0.372 e. The number of ether oxygens (including phenoxy) is 1. The smallest absolute Gasteiger partial charge is 0.0740 e. The third-order valence-electron chi connectivity index (χ3n) is 5.28. The highest BCUT2D eigenvalue weighted by atomic mass is 16.5. The SMILES string of the molecule is CCC(C)(C)C1CCC(C#N)C(OCc2ccccc2)C1. The lowest BCUT2D eigenvalue weighted by molar-refractivity contribution is -0.0397. The highest BCUT2D eigenvalue weighted by Gasteiger charge is 2.37. The lowest BCUT2D eigenvalue weighted by atomic mass is 9.67. The number of nitrogens with zero attached hydrogens (tertiary/aromatic N) is 1. The zero-order valence-corrected chi connectivity index (χ0v) is 13.5. The lowest BCUT2D eigenvalue weighted by Crippen LogP contribution is -2.37. The molecule has 0 saturated heterocycles. The van der Waals surface area contributed by atoms with Crippen molar-refractivity contribution in [2.75, 3.05) is 0 Å². The van der Waals surface area contributed by atoms with Gasteiger partial charge >= 0.3 is 0 Å². The molecule has 114 valence electrons. The van der Waals surface area contributed by atoms with Gasteiger partial charge in [0.25, 0.3) is 0 Å². The third kappa shape index (κ3) is 4.08. The van der Waals surface area contributed by atoms with E-state index in [0.29, 0.717) is 17.9 Å². The van der Waals surface area contributed by atoms with Gasteiger partial charge in [-0.3, -0.25) is 0 Å². The van der Waals surface area contributed by atoms with Crippen LogP contribution in [-0.2, 0) is 11.3 Å². The molecule has 0 bridgehead atoms. The van der Waals surface area contributed by atoms with E-state index in [1.165, 1.54) is 12.0 Å². The van der Waals surface area contributed by atoms with E-state index in [2.05, 4.69) is 39.0 Å². The molecular formula is C19H27NO. The van der Waals surface area contributed by atoms with Crippen LogP contribution < -0.4 is 0 Å². The fourth-order valence-corrected chi connectivity index (χ4v) is 3.24. The van der Waals surface area contributed by atoms with Crippen LogP contribution in [0.3, 0.4) is 0 Å². The summed E-state index contributed by atoms with van der Waals surface area (Å²) in [6.07, 6.45) is 4.42. The molecule has 1 aromatic carbocycles. The van der Waals surface area contributed by atoms with Gasteiger partial charge in [-0.05, 0) is 36.2 Å². The van der Waals surface area contributed by atoms with Crippen molar-refractivity contribution in [3.05, 3.63) is 35.9 Å². The topological polar surface area (TPSA) is 33.0 Å². The first-order valence-electron chi connectivity index (χ1n) is 8.12. The first kappa shape index (κ1) is 16.0. The van der Waals surface area contributed by atoms with Gasteiger partial charge in [-0.15, -0.1) is 0 Å². The normalized spacial score (nSPS) is 26.3. The van der Waals surface area contributed by atoms with Crippen molar-refractivity contribution in [2.24, 2.45) is 17.3 Å². The molecule has 2 nitrogen and oxygen atoms in total. The Morgan fingerprint density at radius 2 is 1.95 bits per heavy atom. The summed E-state index contributed by atoms with van der Waals surface area (Å²) in [7, 11) is 0. The van der Waals surface area contributed by atoms with E-state index in [4.69, 9.17) is 4.74 Å². The molecule has 1 fully saturated rings. The van der Waals surface area contributed by atoms with Crippen molar-refractivity contribution in [3.63, 3.8) is 0 Å². The minimum atomic E-state index is 0.0534. The fraction of sp³-hybridized carbons (Fsp3) is 0.632. The van der Waals surface area contributed by atoms with E-state index in [9.17, 15) is 5.26 Å². The number of hydrogen-bond acceptors (Lipinski definition) is 2. The van der Waals surface area contributed by atoms with E-state index < -0.39 is 0 Å². The zero-order chi connectivity index (χ0) is 15.3. The van der Waals surface area contributed by atoms with Gasteiger partial charge in [-0.1, -0.05) is 57.5 Å². The third-order valence-corrected chi connectivity index (χ3v) is 5.28. The second-order valence-corrected chi connectivity index (χ2v) is 6.92. The van der Waals surface area contributed by atoms with Gasteiger partial charge < -0.3 is 4.74 Å². The summed E-state index contributed by atoms with van der Waals surface area (Å²) in [6.45, 7) is 7.57. The molecule has 0 radical (unpaired) electrons. The van der Waals surface area contributed by atoms with Gasteiger partial charge in [0.1, 0.15) is 0 Å². The minimum Gasteiger partial charge on any atom is -0.372 e. The predicted molar refractivity (Wildman–Crippen MR) is 85.5 cm³/mol. The summed E-state index contributed by atoms with van der Waals surface area (Å²) in [5, 5.41) is 9.37. The van der Waals surface area contributed by atoms with Crippen molar-refractivity contribution in [2.45, 2.75) is 59.2 Å². The summed E-state index contributed by atoms with van der Waals surface area (Å²) in [6, 6.07) is 12.7. The standard InChI is InChI=1S/C19H27NO/c1-4-19(2,3)17-11-10-16(13-20)18(12-17)21-14-15-8-6-5-7-9-15/h5-9,16-18H,4,10-12,14H2,1-3H3. The van der Waals surface area contributed by atoms with Crippen LogP contribution in [-0.4, -0.2) is 6.10 Å². The van der Waals surface area contributed by atoms with Gasteiger partial charge in [-0.25, -0.2) is 0 Å². The summed E-state index contributed by atoms with van der Waals surface area (Å²) in [5.41, 5.74) is 1.53. The van der Waals surface area contributed by atoms with E-state index in [0.717, 1.165) is 19.3 Å². The first-order valence-corrected chi connectivity index (χ1v) is 8.12. The van der Waals surface area contributed by atoms with E-state index in [1.54, 1.807) is 0 Å². The van der Waals surface area contributed by atoms with Crippen LogP contribution in [0, 0.1) is 28.6 Å². The van der Waals surface area contributed by atoms with Crippen LogP contribution in [0.1, 0.15) is 52.0 Å². The maximum absolute atomic E-state index is 9.37. The molecular weight excluding hydrogens is 258 g/mol.